The van der Waals surface area contributed by atoms with Crippen molar-refractivity contribution in [2.75, 3.05) is 33.4 Å². The Hall–Kier alpha value is -2.00. The molecule has 2 aromatic carbocycles. The number of halogens is 1. The molecule has 8 heteroatoms. The third-order valence-electron chi connectivity index (χ3n) is 7.78. The molecule has 7 nitrogen and oxygen atoms in total. The fourth-order valence-corrected chi connectivity index (χ4v) is 6.02. The van der Waals surface area contributed by atoms with Crippen molar-refractivity contribution in [3.8, 4) is 11.1 Å². The Morgan fingerprint density at radius 1 is 1.24 bits per heavy atom. The van der Waals surface area contributed by atoms with Gasteiger partial charge in [-0.05, 0) is 56.2 Å². The Kier molecular flexibility index (Phi) is 9.27. The van der Waals surface area contributed by atoms with Crippen molar-refractivity contribution in [1.29, 1.82) is 0 Å². The SMILES string of the molecule is COCCCCC(O)(c1cccc(Cl)c1-c1cccc(C)c1)C1CN(C(=O)C2CC(N)C(O)C2)CCO1. The predicted octanol–water partition coefficient (Wildman–Crippen LogP) is 3.65. The molecule has 1 saturated carbocycles. The van der Waals surface area contributed by atoms with Gasteiger partial charge in [-0.15, -0.1) is 0 Å². The van der Waals surface area contributed by atoms with Crippen molar-refractivity contribution in [2.45, 2.75) is 62.9 Å². The summed E-state index contributed by atoms with van der Waals surface area (Å²) in [4.78, 5) is 15.1. The van der Waals surface area contributed by atoms with Crippen LogP contribution in [0.1, 0.15) is 43.2 Å². The number of aliphatic hydroxyl groups is 2. The van der Waals surface area contributed by atoms with Crippen LogP contribution in [0.15, 0.2) is 42.5 Å². The number of aliphatic hydroxyl groups excluding tert-OH is 1. The highest BCUT2D eigenvalue weighted by Gasteiger charge is 2.45. The maximum atomic E-state index is 13.4. The van der Waals surface area contributed by atoms with Crippen LogP contribution in [0.5, 0.6) is 0 Å². The number of benzene rings is 2. The molecule has 5 unspecified atom stereocenters. The molecule has 2 aromatic rings. The minimum atomic E-state index is -1.39. The van der Waals surface area contributed by atoms with Gasteiger partial charge < -0.3 is 30.3 Å². The van der Waals surface area contributed by atoms with E-state index in [0.717, 1.165) is 23.1 Å². The number of nitrogens with zero attached hydrogens (tertiary/aromatic N) is 1. The van der Waals surface area contributed by atoms with Gasteiger partial charge in [-0.2, -0.15) is 0 Å². The van der Waals surface area contributed by atoms with Crippen molar-refractivity contribution in [3.63, 3.8) is 0 Å². The van der Waals surface area contributed by atoms with Crippen LogP contribution < -0.4 is 5.73 Å². The van der Waals surface area contributed by atoms with E-state index < -0.39 is 17.8 Å². The first-order valence-electron chi connectivity index (χ1n) is 13.2. The Morgan fingerprint density at radius 2 is 2.03 bits per heavy atom. The average molecular weight is 531 g/mol. The second-order valence-corrected chi connectivity index (χ2v) is 10.9. The summed E-state index contributed by atoms with van der Waals surface area (Å²) in [5.41, 5.74) is 8.08. The van der Waals surface area contributed by atoms with Gasteiger partial charge in [0.2, 0.25) is 5.91 Å². The number of hydrogen-bond donors (Lipinski definition) is 3. The number of unbranched alkanes of at least 4 members (excludes halogenated alkanes) is 1. The summed E-state index contributed by atoms with van der Waals surface area (Å²) >= 11 is 6.77. The van der Waals surface area contributed by atoms with E-state index in [2.05, 4.69) is 6.07 Å². The maximum Gasteiger partial charge on any atom is 0.226 e. The average Bonchev–Trinajstić information content (AvgIpc) is 3.23. The van der Waals surface area contributed by atoms with Gasteiger partial charge in [-0.1, -0.05) is 53.6 Å². The van der Waals surface area contributed by atoms with E-state index in [1.54, 1.807) is 12.0 Å². The normalized spacial score (nSPS) is 25.7. The zero-order valence-corrected chi connectivity index (χ0v) is 22.5. The lowest BCUT2D eigenvalue weighted by Crippen LogP contribution is -2.55. The number of hydrogen-bond acceptors (Lipinski definition) is 6. The number of nitrogens with two attached hydrogens (primary N) is 1. The number of methoxy groups -OCH3 is 1. The quantitative estimate of drug-likeness (QED) is 0.427. The van der Waals surface area contributed by atoms with Crippen LogP contribution in [0.4, 0.5) is 0 Å². The van der Waals surface area contributed by atoms with Gasteiger partial charge in [0.1, 0.15) is 11.7 Å². The molecule has 1 saturated heterocycles. The molecule has 37 heavy (non-hydrogen) atoms. The fraction of sp³-hybridized carbons (Fsp3) is 0.552. The van der Waals surface area contributed by atoms with Gasteiger partial charge in [0, 0.05) is 42.8 Å². The molecule has 5 atom stereocenters. The topological polar surface area (TPSA) is 105 Å². The molecular weight excluding hydrogens is 492 g/mol. The van der Waals surface area contributed by atoms with Gasteiger partial charge in [-0.3, -0.25) is 4.79 Å². The lowest BCUT2D eigenvalue weighted by molar-refractivity contribution is -0.167. The third-order valence-corrected chi connectivity index (χ3v) is 8.10. The third kappa shape index (κ3) is 6.19. The Balaban J connectivity index is 1.68. The van der Waals surface area contributed by atoms with Crippen LogP contribution in [0.2, 0.25) is 5.02 Å². The Labute approximate surface area is 224 Å². The van der Waals surface area contributed by atoms with E-state index in [-0.39, 0.29) is 24.4 Å². The van der Waals surface area contributed by atoms with Crippen molar-refractivity contribution in [2.24, 2.45) is 11.7 Å². The summed E-state index contributed by atoms with van der Waals surface area (Å²) in [5.74, 6) is -0.348. The number of amides is 1. The maximum absolute atomic E-state index is 13.4. The lowest BCUT2D eigenvalue weighted by atomic mass is 9.78. The van der Waals surface area contributed by atoms with Gasteiger partial charge in [0.05, 0.1) is 19.3 Å². The predicted molar refractivity (Wildman–Crippen MR) is 144 cm³/mol. The molecule has 1 aliphatic carbocycles. The van der Waals surface area contributed by atoms with E-state index in [4.69, 9.17) is 26.8 Å². The summed E-state index contributed by atoms with van der Waals surface area (Å²) in [6.45, 7) is 3.63. The highest BCUT2D eigenvalue weighted by Crippen LogP contribution is 2.43. The smallest absolute Gasteiger partial charge is 0.226 e. The second-order valence-electron chi connectivity index (χ2n) is 10.4. The molecule has 2 fully saturated rings. The van der Waals surface area contributed by atoms with E-state index >= 15 is 0 Å². The lowest BCUT2D eigenvalue weighted by Gasteiger charge is -2.44. The van der Waals surface area contributed by atoms with E-state index in [1.807, 2.05) is 43.3 Å². The minimum absolute atomic E-state index is 0.0352. The van der Waals surface area contributed by atoms with Crippen molar-refractivity contribution < 1.29 is 24.5 Å². The number of carbonyl (C=O) groups is 1. The summed E-state index contributed by atoms with van der Waals surface area (Å²) in [7, 11) is 1.67. The zero-order chi connectivity index (χ0) is 26.6. The van der Waals surface area contributed by atoms with Crippen LogP contribution in [0.25, 0.3) is 11.1 Å². The van der Waals surface area contributed by atoms with Crippen molar-refractivity contribution in [1.82, 2.24) is 4.90 Å². The number of aryl methyl sites for hydroxylation is 1. The van der Waals surface area contributed by atoms with E-state index in [9.17, 15) is 15.0 Å². The molecule has 1 aliphatic heterocycles. The van der Waals surface area contributed by atoms with Crippen molar-refractivity contribution >= 4 is 17.5 Å². The summed E-state index contributed by atoms with van der Waals surface area (Å²) in [5, 5.41) is 23.1. The van der Waals surface area contributed by atoms with Crippen LogP contribution in [-0.2, 0) is 19.9 Å². The molecule has 0 radical (unpaired) electrons. The van der Waals surface area contributed by atoms with Gasteiger partial charge in [0.15, 0.2) is 0 Å². The largest absolute Gasteiger partial charge is 0.391 e. The monoisotopic (exact) mass is 530 g/mol. The first kappa shape index (κ1) is 28.0. The summed E-state index contributed by atoms with van der Waals surface area (Å²) in [6, 6.07) is 13.3. The highest BCUT2D eigenvalue weighted by molar-refractivity contribution is 6.33. The highest BCUT2D eigenvalue weighted by atomic mass is 35.5. The molecule has 4 N–H and O–H groups in total. The molecular formula is C29H39ClN2O5. The number of rotatable bonds is 9. The van der Waals surface area contributed by atoms with Crippen LogP contribution >= 0.6 is 11.6 Å². The number of carbonyl (C=O) groups excluding carboxylic acids is 1. The molecule has 2 aliphatic rings. The Bertz CT molecular complexity index is 1070. The van der Waals surface area contributed by atoms with Crippen LogP contribution in [0, 0.1) is 12.8 Å². The first-order valence-corrected chi connectivity index (χ1v) is 13.5. The van der Waals surface area contributed by atoms with Crippen molar-refractivity contribution in [3.05, 3.63) is 58.6 Å². The van der Waals surface area contributed by atoms with E-state index in [1.165, 1.54) is 0 Å². The zero-order valence-electron chi connectivity index (χ0n) is 21.7. The second kappa shape index (κ2) is 12.2. The molecule has 202 valence electrons. The van der Waals surface area contributed by atoms with Gasteiger partial charge >= 0.3 is 0 Å². The molecule has 0 bridgehead atoms. The van der Waals surface area contributed by atoms with Crippen LogP contribution in [-0.4, -0.2) is 72.7 Å². The Morgan fingerprint density at radius 3 is 2.73 bits per heavy atom. The molecule has 1 amide bonds. The molecule has 0 aromatic heterocycles. The number of morpholine rings is 1. The number of ether oxygens (including phenoxy) is 2. The van der Waals surface area contributed by atoms with Gasteiger partial charge in [0.25, 0.3) is 0 Å². The molecule has 0 spiro atoms. The fourth-order valence-electron chi connectivity index (χ4n) is 5.74. The van der Waals surface area contributed by atoms with Crippen LogP contribution in [0.3, 0.4) is 0 Å². The first-order chi connectivity index (χ1) is 17.7. The molecule has 1 heterocycles. The summed E-state index contributed by atoms with van der Waals surface area (Å²) < 4.78 is 11.4. The summed E-state index contributed by atoms with van der Waals surface area (Å²) in [6.07, 6.45) is 1.45. The molecule has 4 rings (SSSR count). The van der Waals surface area contributed by atoms with E-state index in [0.29, 0.717) is 56.0 Å². The van der Waals surface area contributed by atoms with Gasteiger partial charge in [-0.25, -0.2) is 0 Å². The minimum Gasteiger partial charge on any atom is -0.391 e. The standard InChI is InChI=1S/C29H39ClN2O5/c1-19-7-5-8-20(15-19)27-22(9-6-10-23(27)30)29(35,11-3-4-13-36-2)26-18-32(12-14-37-26)28(34)21-16-24(31)25(33)17-21/h5-10,15,21,24-26,33,35H,3-4,11-14,16-18,31H2,1-2H3.